The van der Waals surface area contributed by atoms with Crippen molar-refractivity contribution in [1.29, 1.82) is 0 Å². The van der Waals surface area contributed by atoms with Crippen molar-refractivity contribution >= 4 is 23.7 Å². The van der Waals surface area contributed by atoms with Gasteiger partial charge in [0.05, 0.1) is 16.4 Å². The standard InChI is InChI=1S/C14H14ClF3N6O2/c1-8-11(15)9(2)23(20-8)7-22-6-3-10(21-22)12(25)24-13(26,4-5-19-24)14(16,17)18/h3,5-6,26H,4,7H2,1-2H3/t13-/m0/s1. The van der Waals surface area contributed by atoms with Crippen LogP contribution in [0.3, 0.4) is 0 Å². The summed E-state index contributed by atoms with van der Waals surface area (Å²) in [6, 6.07) is 1.24. The van der Waals surface area contributed by atoms with Crippen LogP contribution in [0.15, 0.2) is 17.4 Å². The molecule has 0 radical (unpaired) electrons. The Morgan fingerprint density at radius 1 is 1.38 bits per heavy atom. The van der Waals surface area contributed by atoms with E-state index in [1.165, 1.54) is 16.9 Å². The highest BCUT2D eigenvalue weighted by molar-refractivity contribution is 6.31. The number of carbonyl (C=O) groups is 1. The number of aromatic nitrogens is 4. The van der Waals surface area contributed by atoms with Crippen molar-refractivity contribution in [3.05, 3.63) is 34.4 Å². The van der Waals surface area contributed by atoms with Crippen molar-refractivity contribution in [2.24, 2.45) is 5.10 Å². The third-order valence-corrected chi connectivity index (χ3v) is 4.55. The third kappa shape index (κ3) is 2.86. The van der Waals surface area contributed by atoms with Gasteiger partial charge in [0.25, 0.3) is 11.6 Å². The average molecular weight is 391 g/mol. The number of halogens is 4. The maximum Gasteiger partial charge on any atom is 0.438 e. The highest BCUT2D eigenvalue weighted by Crippen LogP contribution is 2.39. The van der Waals surface area contributed by atoms with Gasteiger partial charge < -0.3 is 5.11 Å². The molecule has 1 N–H and O–H groups in total. The fourth-order valence-electron chi connectivity index (χ4n) is 2.50. The number of carbonyl (C=O) groups excluding carboxylic acids is 1. The van der Waals surface area contributed by atoms with Gasteiger partial charge in [0.2, 0.25) is 0 Å². The molecule has 0 saturated carbocycles. The highest BCUT2D eigenvalue weighted by Gasteiger charge is 2.61. The molecule has 1 aliphatic heterocycles. The lowest BCUT2D eigenvalue weighted by atomic mass is 10.1. The molecule has 1 atom stereocenters. The maximum atomic E-state index is 13.1. The fourth-order valence-corrected chi connectivity index (χ4v) is 2.64. The number of aryl methyl sites for hydroxylation is 1. The minimum atomic E-state index is -5.05. The van der Waals surface area contributed by atoms with E-state index >= 15 is 0 Å². The lowest BCUT2D eigenvalue weighted by molar-refractivity contribution is -0.297. The Labute approximate surface area is 150 Å². The summed E-state index contributed by atoms with van der Waals surface area (Å²) in [7, 11) is 0. The molecule has 0 unspecified atom stereocenters. The van der Waals surface area contributed by atoms with Crippen molar-refractivity contribution in [2.45, 2.75) is 38.8 Å². The van der Waals surface area contributed by atoms with Crippen LogP contribution < -0.4 is 0 Å². The van der Waals surface area contributed by atoms with Crippen molar-refractivity contribution in [3.63, 3.8) is 0 Å². The smallest absolute Gasteiger partial charge is 0.362 e. The van der Waals surface area contributed by atoms with Crippen molar-refractivity contribution in [3.8, 4) is 0 Å². The summed E-state index contributed by atoms with van der Waals surface area (Å²) in [4.78, 5) is 12.3. The van der Waals surface area contributed by atoms with Crippen LogP contribution in [0, 0.1) is 13.8 Å². The molecule has 0 aromatic carbocycles. The van der Waals surface area contributed by atoms with Gasteiger partial charge in [0, 0.05) is 18.8 Å². The molecule has 3 rings (SSSR count). The van der Waals surface area contributed by atoms with E-state index in [0.717, 1.165) is 6.21 Å². The molecule has 1 aliphatic rings. The Kier molecular flexibility index (Phi) is 4.31. The summed E-state index contributed by atoms with van der Waals surface area (Å²) in [6.07, 6.45) is -3.65. The van der Waals surface area contributed by atoms with E-state index in [9.17, 15) is 23.1 Å². The first-order chi connectivity index (χ1) is 12.0. The molecule has 3 heterocycles. The van der Waals surface area contributed by atoms with Gasteiger partial charge in [-0.3, -0.25) is 9.48 Å². The SMILES string of the molecule is Cc1nn(Cn2ccc(C(=O)N3N=CC[C@]3(O)C(F)(F)F)n2)c(C)c1Cl. The molecule has 0 saturated heterocycles. The van der Waals surface area contributed by atoms with Crippen LogP contribution in [0.25, 0.3) is 0 Å². The molecule has 1 amide bonds. The Hall–Kier alpha value is -2.40. The first-order valence-corrected chi connectivity index (χ1v) is 7.81. The predicted octanol–water partition coefficient (Wildman–Crippen LogP) is 1.94. The van der Waals surface area contributed by atoms with E-state index in [1.807, 2.05) is 0 Å². The Morgan fingerprint density at radius 3 is 2.65 bits per heavy atom. The number of amides is 1. The minimum Gasteiger partial charge on any atom is -0.362 e. The zero-order valence-corrected chi connectivity index (χ0v) is 14.5. The van der Waals surface area contributed by atoms with Gasteiger partial charge in [0.1, 0.15) is 6.67 Å². The molecule has 140 valence electrons. The van der Waals surface area contributed by atoms with E-state index in [4.69, 9.17) is 11.6 Å². The van der Waals surface area contributed by atoms with Crippen molar-refractivity contribution in [2.75, 3.05) is 0 Å². The molecule has 2 aromatic heterocycles. The van der Waals surface area contributed by atoms with E-state index in [0.29, 0.717) is 16.4 Å². The lowest BCUT2D eigenvalue weighted by Gasteiger charge is -2.32. The van der Waals surface area contributed by atoms with Crippen LogP contribution in [0.4, 0.5) is 13.2 Å². The summed E-state index contributed by atoms with van der Waals surface area (Å²) in [5.41, 5.74) is -2.37. The summed E-state index contributed by atoms with van der Waals surface area (Å²) in [6.45, 7) is 3.59. The Morgan fingerprint density at radius 2 is 2.08 bits per heavy atom. The van der Waals surface area contributed by atoms with E-state index in [1.54, 1.807) is 18.5 Å². The van der Waals surface area contributed by atoms with Gasteiger partial charge >= 0.3 is 6.18 Å². The number of alkyl halides is 3. The van der Waals surface area contributed by atoms with Crippen LogP contribution >= 0.6 is 11.6 Å². The van der Waals surface area contributed by atoms with Gasteiger partial charge in [-0.05, 0) is 19.9 Å². The van der Waals surface area contributed by atoms with Gasteiger partial charge in [-0.25, -0.2) is 4.68 Å². The summed E-state index contributed by atoms with van der Waals surface area (Å²) < 4.78 is 42.1. The molecule has 0 spiro atoms. The topological polar surface area (TPSA) is 88.5 Å². The first kappa shape index (κ1) is 18.4. The second kappa shape index (κ2) is 6.09. The van der Waals surface area contributed by atoms with Gasteiger partial charge in [-0.15, -0.1) is 0 Å². The minimum absolute atomic E-state index is 0.000149. The van der Waals surface area contributed by atoms with E-state index in [2.05, 4.69) is 15.3 Å². The van der Waals surface area contributed by atoms with Crippen molar-refractivity contribution in [1.82, 2.24) is 24.6 Å². The average Bonchev–Trinajstić information content (AvgIpc) is 3.23. The summed E-state index contributed by atoms with van der Waals surface area (Å²) in [5.74, 6) is -1.16. The largest absolute Gasteiger partial charge is 0.438 e. The predicted molar refractivity (Wildman–Crippen MR) is 84.6 cm³/mol. The number of hydrogen-bond acceptors (Lipinski definition) is 5. The van der Waals surface area contributed by atoms with Crippen LogP contribution in [0.1, 0.15) is 28.3 Å². The Balaban J connectivity index is 1.82. The lowest BCUT2D eigenvalue weighted by Crippen LogP contribution is -2.56. The molecule has 0 fully saturated rings. The van der Waals surface area contributed by atoms with Crippen molar-refractivity contribution < 1.29 is 23.1 Å². The maximum absolute atomic E-state index is 13.1. The highest BCUT2D eigenvalue weighted by atomic mass is 35.5. The first-order valence-electron chi connectivity index (χ1n) is 7.43. The molecule has 8 nitrogen and oxygen atoms in total. The van der Waals surface area contributed by atoms with Crippen LogP contribution in [0.5, 0.6) is 0 Å². The number of nitrogens with zero attached hydrogens (tertiary/aromatic N) is 6. The molecule has 2 aromatic rings. The number of rotatable bonds is 3. The quantitative estimate of drug-likeness (QED) is 0.867. The van der Waals surface area contributed by atoms with Crippen LogP contribution in [-0.2, 0) is 6.67 Å². The number of hydrazone groups is 1. The van der Waals surface area contributed by atoms with E-state index < -0.39 is 24.2 Å². The number of hydrogen-bond donors (Lipinski definition) is 1. The second-order valence-electron chi connectivity index (χ2n) is 5.80. The van der Waals surface area contributed by atoms with Crippen LogP contribution in [0.2, 0.25) is 5.02 Å². The Bertz CT molecular complexity index is 890. The zero-order chi connectivity index (χ0) is 19.3. The molecule has 0 bridgehead atoms. The van der Waals surface area contributed by atoms with Gasteiger partial charge in [-0.1, -0.05) is 11.6 Å². The monoisotopic (exact) mass is 390 g/mol. The third-order valence-electron chi connectivity index (χ3n) is 4.00. The molecule has 26 heavy (non-hydrogen) atoms. The van der Waals surface area contributed by atoms with E-state index in [-0.39, 0.29) is 17.4 Å². The second-order valence-corrected chi connectivity index (χ2v) is 6.18. The summed E-state index contributed by atoms with van der Waals surface area (Å²) in [5, 5.41) is 21.8. The van der Waals surface area contributed by atoms with Gasteiger partial charge in [-0.2, -0.15) is 33.5 Å². The van der Waals surface area contributed by atoms with Gasteiger partial charge in [0.15, 0.2) is 5.69 Å². The summed E-state index contributed by atoms with van der Waals surface area (Å²) >= 11 is 6.06. The zero-order valence-electron chi connectivity index (χ0n) is 13.7. The molecule has 0 aliphatic carbocycles. The fraction of sp³-hybridized carbons (Fsp3) is 0.429. The normalized spacial score (nSPS) is 20.2. The number of aliphatic hydroxyl groups is 1. The molecular weight excluding hydrogens is 377 g/mol. The molecule has 12 heteroatoms. The molecular formula is C14H14ClF3N6O2. The van der Waals surface area contributed by atoms with Crippen LogP contribution in [-0.4, -0.2) is 53.7 Å².